The Kier molecular flexibility index (Phi) is 3.99. The highest BCUT2D eigenvalue weighted by atomic mass is 16.2. The third-order valence-corrected chi connectivity index (χ3v) is 5.39. The van der Waals surface area contributed by atoms with E-state index in [1.807, 2.05) is 47.4 Å². The number of benzene rings is 1. The van der Waals surface area contributed by atoms with Gasteiger partial charge in [-0.3, -0.25) is 14.6 Å². The lowest BCUT2D eigenvalue weighted by atomic mass is 10.0. The summed E-state index contributed by atoms with van der Waals surface area (Å²) in [5.41, 5.74) is 1.71. The molecule has 4 rings (SSSR count). The fourth-order valence-corrected chi connectivity index (χ4v) is 3.82. The van der Waals surface area contributed by atoms with Gasteiger partial charge in [0.25, 0.3) is 5.91 Å². The average molecular weight is 335 g/mol. The molecule has 1 aliphatic heterocycles. The van der Waals surface area contributed by atoms with Gasteiger partial charge in [-0.25, -0.2) is 0 Å². The fourth-order valence-electron chi connectivity index (χ4n) is 3.82. The van der Waals surface area contributed by atoms with Gasteiger partial charge in [-0.2, -0.15) is 0 Å². The van der Waals surface area contributed by atoms with Crippen LogP contribution in [0, 0.1) is 11.3 Å². The highest BCUT2D eigenvalue weighted by Gasteiger charge is 2.61. The standard InChI is InChI=1S/C20H21N3O2/c24-18(22-13-15-5-4-9-21-12-15)17-11-20(17)8-10-23(14-20)19(25)16-6-2-1-3-7-16/h1-7,9,12,17H,8,10-11,13-14H2,(H,22,24)/t17-,20+/m1/s1. The second-order valence-electron chi connectivity index (χ2n) is 7.04. The molecule has 5 nitrogen and oxygen atoms in total. The molecule has 0 bridgehead atoms. The summed E-state index contributed by atoms with van der Waals surface area (Å²) in [6.07, 6.45) is 5.28. The molecule has 2 fully saturated rings. The molecule has 2 atom stereocenters. The summed E-state index contributed by atoms with van der Waals surface area (Å²) in [7, 11) is 0. The van der Waals surface area contributed by atoms with Crippen molar-refractivity contribution in [1.29, 1.82) is 0 Å². The van der Waals surface area contributed by atoms with Gasteiger partial charge in [0.05, 0.1) is 0 Å². The zero-order chi connectivity index (χ0) is 17.3. The predicted octanol–water partition coefficient (Wildman–Crippen LogP) is 2.25. The van der Waals surface area contributed by atoms with E-state index in [1.165, 1.54) is 0 Å². The van der Waals surface area contributed by atoms with Gasteiger partial charge in [0.2, 0.25) is 5.91 Å². The molecule has 2 amide bonds. The summed E-state index contributed by atoms with van der Waals surface area (Å²) < 4.78 is 0. The van der Waals surface area contributed by atoms with Gasteiger partial charge in [0.15, 0.2) is 0 Å². The van der Waals surface area contributed by atoms with Crippen molar-refractivity contribution in [2.45, 2.75) is 19.4 Å². The lowest BCUT2D eigenvalue weighted by molar-refractivity contribution is -0.123. The van der Waals surface area contributed by atoms with E-state index in [0.717, 1.165) is 30.5 Å². The molecule has 1 spiro atoms. The van der Waals surface area contributed by atoms with Gasteiger partial charge in [-0.1, -0.05) is 24.3 Å². The molecule has 2 aliphatic rings. The SMILES string of the molecule is O=C(NCc1cccnc1)[C@H]1C[C@]12CCN(C(=O)c1ccccc1)C2. The van der Waals surface area contributed by atoms with E-state index in [2.05, 4.69) is 10.3 Å². The van der Waals surface area contributed by atoms with Crippen LogP contribution in [0.1, 0.15) is 28.8 Å². The quantitative estimate of drug-likeness (QED) is 0.932. The van der Waals surface area contributed by atoms with Crippen molar-refractivity contribution in [1.82, 2.24) is 15.2 Å². The first kappa shape index (κ1) is 15.8. The van der Waals surface area contributed by atoms with Crippen LogP contribution in [0.15, 0.2) is 54.9 Å². The summed E-state index contributed by atoms with van der Waals surface area (Å²) in [5, 5.41) is 3.01. The second-order valence-corrected chi connectivity index (χ2v) is 7.04. The van der Waals surface area contributed by atoms with Crippen molar-refractivity contribution < 1.29 is 9.59 Å². The average Bonchev–Trinajstić information content (AvgIpc) is 3.21. The van der Waals surface area contributed by atoms with E-state index in [0.29, 0.717) is 13.1 Å². The first-order chi connectivity index (χ1) is 12.2. The van der Waals surface area contributed by atoms with Crippen LogP contribution in [0.2, 0.25) is 0 Å². The summed E-state index contributed by atoms with van der Waals surface area (Å²) in [6.45, 7) is 1.93. The predicted molar refractivity (Wildman–Crippen MR) is 93.6 cm³/mol. The molecular weight excluding hydrogens is 314 g/mol. The first-order valence-electron chi connectivity index (χ1n) is 8.69. The molecule has 1 aromatic carbocycles. The van der Waals surface area contributed by atoms with Crippen LogP contribution >= 0.6 is 0 Å². The molecule has 2 heterocycles. The van der Waals surface area contributed by atoms with Crippen LogP contribution in [0.25, 0.3) is 0 Å². The molecule has 1 aliphatic carbocycles. The van der Waals surface area contributed by atoms with Crippen LogP contribution in [0.5, 0.6) is 0 Å². The minimum atomic E-state index is -0.0105. The number of aromatic nitrogens is 1. The first-order valence-corrected chi connectivity index (χ1v) is 8.69. The number of hydrogen-bond acceptors (Lipinski definition) is 3. The summed E-state index contributed by atoms with van der Waals surface area (Å²) in [4.78, 5) is 31.0. The molecule has 1 aromatic heterocycles. The molecule has 1 saturated heterocycles. The Morgan fingerprint density at radius 1 is 1.20 bits per heavy atom. The van der Waals surface area contributed by atoms with E-state index in [9.17, 15) is 9.59 Å². The molecule has 25 heavy (non-hydrogen) atoms. The third-order valence-electron chi connectivity index (χ3n) is 5.39. The Balaban J connectivity index is 1.33. The Morgan fingerprint density at radius 2 is 2.04 bits per heavy atom. The van der Waals surface area contributed by atoms with Crippen LogP contribution in [0.3, 0.4) is 0 Å². The van der Waals surface area contributed by atoms with Gasteiger partial charge < -0.3 is 10.2 Å². The lowest BCUT2D eigenvalue weighted by Crippen LogP contribution is -2.31. The number of carbonyl (C=O) groups is 2. The molecule has 0 unspecified atom stereocenters. The molecule has 5 heteroatoms. The normalized spacial score (nSPS) is 24.3. The number of amides is 2. The Labute approximate surface area is 147 Å². The Bertz CT molecular complexity index is 778. The maximum absolute atomic E-state index is 12.6. The Hall–Kier alpha value is -2.69. The number of rotatable bonds is 4. The van der Waals surface area contributed by atoms with Gasteiger partial charge >= 0.3 is 0 Å². The molecule has 128 valence electrons. The van der Waals surface area contributed by atoms with Crippen molar-refractivity contribution in [3.05, 3.63) is 66.0 Å². The number of nitrogens with one attached hydrogen (secondary N) is 1. The van der Waals surface area contributed by atoms with Crippen LogP contribution in [-0.4, -0.2) is 34.8 Å². The van der Waals surface area contributed by atoms with Crippen LogP contribution < -0.4 is 5.32 Å². The van der Waals surface area contributed by atoms with E-state index >= 15 is 0 Å². The topological polar surface area (TPSA) is 62.3 Å². The van der Waals surface area contributed by atoms with Gasteiger partial charge in [-0.15, -0.1) is 0 Å². The zero-order valence-corrected chi connectivity index (χ0v) is 14.0. The van der Waals surface area contributed by atoms with Crippen LogP contribution in [-0.2, 0) is 11.3 Å². The minimum absolute atomic E-state index is 0.0105. The van der Waals surface area contributed by atoms with Gasteiger partial charge in [0.1, 0.15) is 0 Å². The number of likely N-dealkylation sites (tertiary alicyclic amines) is 1. The van der Waals surface area contributed by atoms with Crippen molar-refractivity contribution in [2.75, 3.05) is 13.1 Å². The number of nitrogens with zero attached hydrogens (tertiary/aromatic N) is 2. The monoisotopic (exact) mass is 335 g/mol. The van der Waals surface area contributed by atoms with Gasteiger partial charge in [0, 0.05) is 48.9 Å². The molecule has 1 N–H and O–H groups in total. The van der Waals surface area contributed by atoms with Crippen molar-refractivity contribution >= 4 is 11.8 Å². The molecular formula is C20H21N3O2. The lowest BCUT2D eigenvalue weighted by Gasteiger charge is -2.16. The molecule has 0 radical (unpaired) electrons. The smallest absolute Gasteiger partial charge is 0.253 e. The largest absolute Gasteiger partial charge is 0.352 e. The van der Waals surface area contributed by atoms with Gasteiger partial charge in [-0.05, 0) is 36.6 Å². The zero-order valence-electron chi connectivity index (χ0n) is 14.0. The second kappa shape index (κ2) is 6.31. The number of hydrogen-bond donors (Lipinski definition) is 1. The van der Waals surface area contributed by atoms with E-state index < -0.39 is 0 Å². The van der Waals surface area contributed by atoms with Crippen molar-refractivity contribution in [3.8, 4) is 0 Å². The highest BCUT2D eigenvalue weighted by molar-refractivity contribution is 5.94. The summed E-state index contributed by atoms with van der Waals surface area (Å²) >= 11 is 0. The number of pyridine rings is 1. The van der Waals surface area contributed by atoms with Crippen LogP contribution in [0.4, 0.5) is 0 Å². The Morgan fingerprint density at radius 3 is 2.80 bits per heavy atom. The van der Waals surface area contributed by atoms with E-state index in [4.69, 9.17) is 0 Å². The highest BCUT2D eigenvalue weighted by Crippen LogP contribution is 2.58. The minimum Gasteiger partial charge on any atom is -0.352 e. The molecule has 1 saturated carbocycles. The summed E-state index contributed by atoms with van der Waals surface area (Å²) in [6, 6.07) is 13.2. The molecule has 2 aromatic rings. The number of carbonyl (C=O) groups excluding carboxylic acids is 2. The maximum Gasteiger partial charge on any atom is 0.253 e. The van der Waals surface area contributed by atoms with E-state index in [-0.39, 0.29) is 23.1 Å². The van der Waals surface area contributed by atoms with Crippen molar-refractivity contribution in [2.24, 2.45) is 11.3 Å². The fraction of sp³-hybridized carbons (Fsp3) is 0.350. The van der Waals surface area contributed by atoms with Crippen molar-refractivity contribution in [3.63, 3.8) is 0 Å². The maximum atomic E-state index is 12.6. The summed E-state index contributed by atoms with van der Waals surface area (Å²) in [5.74, 6) is 0.189. The third kappa shape index (κ3) is 3.14. The van der Waals surface area contributed by atoms with E-state index in [1.54, 1.807) is 12.4 Å².